The van der Waals surface area contributed by atoms with Gasteiger partial charge in [-0.3, -0.25) is 0 Å². The summed E-state index contributed by atoms with van der Waals surface area (Å²) in [4.78, 5) is 15.2. The molecule has 0 spiro atoms. The predicted molar refractivity (Wildman–Crippen MR) is 119 cm³/mol. The number of benzene rings is 3. The fourth-order valence-corrected chi connectivity index (χ4v) is 4.41. The smallest absolute Gasteiger partial charge is 0.318 e. The van der Waals surface area contributed by atoms with Crippen LogP contribution in [0.1, 0.15) is 43.0 Å². The van der Waals surface area contributed by atoms with Gasteiger partial charge in [0.15, 0.2) is 0 Å². The van der Waals surface area contributed by atoms with Crippen molar-refractivity contribution in [3.8, 4) is 11.5 Å². The zero-order chi connectivity index (χ0) is 21.1. The average molecular weight is 405 g/mol. The van der Waals surface area contributed by atoms with Gasteiger partial charge in [-0.15, -0.1) is 0 Å². The van der Waals surface area contributed by atoms with Gasteiger partial charge >= 0.3 is 6.03 Å². The predicted octanol–water partition coefficient (Wildman–Crippen LogP) is 5.46. The molecule has 0 bridgehead atoms. The molecule has 3 aromatic rings. The molecule has 1 saturated heterocycles. The van der Waals surface area contributed by atoms with Crippen LogP contribution in [0, 0.1) is 0 Å². The maximum absolute atomic E-state index is 13.2. The van der Waals surface area contributed by atoms with Crippen LogP contribution in [0.25, 0.3) is 10.8 Å². The van der Waals surface area contributed by atoms with Crippen molar-refractivity contribution in [3.05, 3.63) is 71.8 Å². The van der Waals surface area contributed by atoms with Gasteiger partial charge in [-0.1, -0.05) is 42.5 Å². The number of methoxy groups -OCH3 is 2. The highest BCUT2D eigenvalue weighted by Crippen LogP contribution is 2.39. The molecule has 4 rings (SSSR count). The molecule has 1 heterocycles. The van der Waals surface area contributed by atoms with Crippen LogP contribution < -0.4 is 14.8 Å². The summed E-state index contributed by atoms with van der Waals surface area (Å²) in [7, 11) is 3.31. The molecule has 0 saturated carbocycles. The second kappa shape index (κ2) is 8.66. The summed E-state index contributed by atoms with van der Waals surface area (Å²) >= 11 is 0. The Morgan fingerprint density at radius 2 is 1.87 bits per heavy atom. The molecule has 3 aromatic carbocycles. The summed E-state index contributed by atoms with van der Waals surface area (Å²) in [6, 6.07) is 20.1. The Hall–Kier alpha value is -3.21. The van der Waals surface area contributed by atoms with E-state index in [-0.39, 0.29) is 18.1 Å². The molecule has 5 heteroatoms. The van der Waals surface area contributed by atoms with E-state index >= 15 is 0 Å². The molecule has 156 valence electrons. The third-order valence-corrected chi connectivity index (χ3v) is 5.94. The second-order valence-electron chi connectivity index (χ2n) is 7.70. The number of hydrogen-bond acceptors (Lipinski definition) is 3. The summed E-state index contributed by atoms with van der Waals surface area (Å²) in [5.41, 5.74) is 2.11. The Morgan fingerprint density at radius 3 is 2.67 bits per heavy atom. The molecule has 5 nitrogen and oxygen atoms in total. The quantitative estimate of drug-likeness (QED) is 0.614. The summed E-state index contributed by atoms with van der Waals surface area (Å²) < 4.78 is 11.0. The van der Waals surface area contributed by atoms with Crippen LogP contribution in [0.15, 0.2) is 60.7 Å². The molecule has 0 aromatic heterocycles. The first-order chi connectivity index (χ1) is 14.6. The normalized spacial score (nSPS) is 17.0. The molecule has 1 N–H and O–H groups in total. The number of amides is 2. The Labute approximate surface area is 177 Å². The lowest BCUT2D eigenvalue weighted by Crippen LogP contribution is -2.40. The first-order valence-electron chi connectivity index (χ1n) is 10.4. The molecule has 2 unspecified atom stereocenters. The standard InChI is InChI=1S/C25H28N2O3/c1-17(20-11-6-9-18-8-4-5-10-21(18)20)26-25(28)27-15-7-12-23(27)22-16-19(29-2)13-14-24(22)30-3/h4-6,8-11,13-14,16-17,23H,7,12,15H2,1-3H3,(H,26,28). The highest BCUT2D eigenvalue weighted by atomic mass is 16.5. The van der Waals surface area contributed by atoms with Crippen LogP contribution in [0.3, 0.4) is 0 Å². The van der Waals surface area contributed by atoms with E-state index in [9.17, 15) is 4.79 Å². The fourth-order valence-electron chi connectivity index (χ4n) is 4.41. The number of rotatable bonds is 5. The summed E-state index contributed by atoms with van der Waals surface area (Å²) in [5.74, 6) is 1.55. The SMILES string of the molecule is COc1ccc(OC)c(C2CCCN2C(=O)NC(C)c2cccc3ccccc23)c1. The van der Waals surface area contributed by atoms with Crippen LogP contribution >= 0.6 is 0 Å². The Kier molecular flexibility index (Phi) is 5.79. The number of nitrogens with zero attached hydrogens (tertiary/aromatic N) is 1. The number of ether oxygens (including phenoxy) is 2. The summed E-state index contributed by atoms with van der Waals surface area (Å²) in [6.07, 6.45) is 1.86. The fraction of sp³-hybridized carbons (Fsp3) is 0.320. The molecular formula is C25H28N2O3. The van der Waals surface area contributed by atoms with Gasteiger partial charge in [-0.25, -0.2) is 4.79 Å². The Bertz CT molecular complexity index is 1040. The molecule has 1 aliphatic heterocycles. The van der Waals surface area contributed by atoms with Gasteiger partial charge in [-0.2, -0.15) is 0 Å². The highest BCUT2D eigenvalue weighted by Gasteiger charge is 2.33. The van der Waals surface area contributed by atoms with Crippen molar-refractivity contribution in [3.63, 3.8) is 0 Å². The number of likely N-dealkylation sites (tertiary alicyclic amines) is 1. The van der Waals surface area contributed by atoms with Gasteiger partial charge in [0.25, 0.3) is 0 Å². The maximum atomic E-state index is 13.2. The number of urea groups is 1. The minimum Gasteiger partial charge on any atom is -0.497 e. The van der Waals surface area contributed by atoms with Crippen LogP contribution in [0.2, 0.25) is 0 Å². The topological polar surface area (TPSA) is 50.8 Å². The summed E-state index contributed by atoms with van der Waals surface area (Å²) in [5, 5.41) is 5.55. The van der Waals surface area contributed by atoms with Gasteiger partial charge in [0, 0.05) is 12.1 Å². The second-order valence-corrected chi connectivity index (χ2v) is 7.70. The summed E-state index contributed by atoms with van der Waals surface area (Å²) in [6.45, 7) is 2.76. The van der Waals surface area contributed by atoms with Crippen molar-refractivity contribution in [1.82, 2.24) is 10.2 Å². The number of carbonyl (C=O) groups is 1. The van der Waals surface area contributed by atoms with Gasteiger partial charge in [0.1, 0.15) is 11.5 Å². The highest BCUT2D eigenvalue weighted by molar-refractivity contribution is 5.86. The van der Waals surface area contributed by atoms with E-state index < -0.39 is 0 Å². The molecule has 2 atom stereocenters. The van der Waals surface area contributed by atoms with E-state index in [1.54, 1.807) is 14.2 Å². The minimum atomic E-state index is -0.0999. The van der Waals surface area contributed by atoms with Crippen molar-refractivity contribution in [2.75, 3.05) is 20.8 Å². The largest absolute Gasteiger partial charge is 0.497 e. The average Bonchev–Trinajstić information content (AvgIpc) is 3.28. The van der Waals surface area contributed by atoms with Crippen LogP contribution in [0.4, 0.5) is 4.79 Å². The lowest BCUT2D eigenvalue weighted by Gasteiger charge is -2.28. The van der Waals surface area contributed by atoms with Crippen LogP contribution in [-0.2, 0) is 0 Å². The number of carbonyl (C=O) groups excluding carboxylic acids is 1. The van der Waals surface area contributed by atoms with E-state index in [4.69, 9.17) is 9.47 Å². The van der Waals surface area contributed by atoms with Crippen LogP contribution in [0.5, 0.6) is 11.5 Å². The first kappa shape index (κ1) is 20.1. The van der Waals surface area contributed by atoms with E-state index in [0.29, 0.717) is 0 Å². The van der Waals surface area contributed by atoms with Gasteiger partial charge in [0.2, 0.25) is 0 Å². The molecule has 1 aliphatic rings. The number of nitrogens with one attached hydrogen (secondary N) is 1. The van der Waals surface area contributed by atoms with E-state index in [1.165, 1.54) is 10.8 Å². The first-order valence-corrected chi connectivity index (χ1v) is 10.4. The maximum Gasteiger partial charge on any atom is 0.318 e. The Balaban J connectivity index is 1.57. The van der Waals surface area contributed by atoms with Crippen molar-refractivity contribution in [2.24, 2.45) is 0 Å². The third-order valence-electron chi connectivity index (χ3n) is 5.94. The van der Waals surface area contributed by atoms with Crippen LogP contribution in [-0.4, -0.2) is 31.7 Å². The minimum absolute atomic E-state index is 0.0326. The van der Waals surface area contributed by atoms with E-state index in [2.05, 4.69) is 29.6 Å². The molecular weight excluding hydrogens is 376 g/mol. The van der Waals surface area contributed by atoms with Crippen molar-refractivity contribution in [2.45, 2.75) is 31.8 Å². The van der Waals surface area contributed by atoms with Crippen molar-refractivity contribution >= 4 is 16.8 Å². The number of hydrogen-bond donors (Lipinski definition) is 1. The molecule has 30 heavy (non-hydrogen) atoms. The number of fused-ring (bicyclic) bond motifs is 1. The van der Waals surface area contributed by atoms with E-state index in [0.717, 1.165) is 42.0 Å². The van der Waals surface area contributed by atoms with Gasteiger partial charge in [-0.05, 0) is 54.3 Å². The Morgan fingerprint density at radius 1 is 1.07 bits per heavy atom. The lowest BCUT2D eigenvalue weighted by atomic mass is 10.00. The molecule has 2 amide bonds. The third kappa shape index (κ3) is 3.80. The molecule has 1 fully saturated rings. The van der Waals surface area contributed by atoms with Crippen molar-refractivity contribution in [1.29, 1.82) is 0 Å². The van der Waals surface area contributed by atoms with Gasteiger partial charge < -0.3 is 19.7 Å². The molecule has 0 radical (unpaired) electrons. The van der Waals surface area contributed by atoms with Gasteiger partial charge in [0.05, 0.1) is 26.3 Å². The van der Waals surface area contributed by atoms with E-state index in [1.807, 2.05) is 48.2 Å². The molecule has 0 aliphatic carbocycles. The monoisotopic (exact) mass is 404 g/mol. The zero-order valence-corrected chi connectivity index (χ0v) is 17.7. The lowest BCUT2D eigenvalue weighted by molar-refractivity contribution is 0.189. The van der Waals surface area contributed by atoms with Crippen molar-refractivity contribution < 1.29 is 14.3 Å². The zero-order valence-electron chi connectivity index (χ0n) is 17.7.